The Morgan fingerprint density at radius 3 is 2.48 bits per heavy atom. The molecule has 3 rings (SSSR count). The van der Waals surface area contributed by atoms with E-state index in [4.69, 9.17) is 10.5 Å². The minimum Gasteiger partial charge on any atom is -0.465 e. The Labute approximate surface area is 199 Å². The van der Waals surface area contributed by atoms with Crippen molar-refractivity contribution >= 4 is 64.4 Å². The van der Waals surface area contributed by atoms with Gasteiger partial charge in [0.25, 0.3) is 5.91 Å². The lowest BCUT2D eigenvalue weighted by molar-refractivity contribution is -0.114. The standard InChI is InChI=1S/C18H20N4O3S.C5H4OS/c1-20-15(16(19)23)17(21-2)26-10-22-14-7-6-11-8-13(18(24)25-3)5-4-12(11)9-14;6-3-5-1-2-7-4-5/h4-9,21-22H,1,10H2,2-3H3,(H2,19,23);1-4H/b17-15-;. The zero-order valence-corrected chi connectivity index (χ0v) is 19.8. The number of carbonyl (C=O) groups excluding carboxylic acids is 3. The van der Waals surface area contributed by atoms with E-state index in [2.05, 4.69) is 22.3 Å². The maximum absolute atomic E-state index is 11.6. The summed E-state index contributed by atoms with van der Waals surface area (Å²) < 4.78 is 4.73. The van der Waals surface area contributed by atoms with Crippen LogP contribution in [0.5, 0.6) is 0 Å². The summed E-state index contributed by atoms with van der Waals surface area (Å²) in [5, 5.41) is 12.3. The van der Waals surface area contributed by atoms with E-state index in [1.807, 2.05) is 35.0 Å². The molecule has 3 aromatic rings. The van der Waals surface area contributed by atoms with Crippen LogP contribution in [0, 0.1) is 0 Å². The predicted octanol–water partition coefficient (Wildman–Crippen LogP) is 3.86. The minimum atomic E-state index is -0.635. The highest BCUT2D eigenvalue weighted by Gasteiger charge is 2.10. The molecule has 172 valence electrons. The number of rotatable bonds is 9. The van der Waals surface area contributed by atoms with E-state index < -0.39 is 5.91 Å². The molecule has 8 nitrogen and oxygen atoms in total. The van der Waals surface area contributed by atoms with E-state index in [0.717, 1.165) is 28.3 Å². The molecule has 10 heteroatoms. The van der Waals surface area contributed by atoms with Crippen LogP contribution in [0.3, 0.4) is 0 Å². The molecule has 0 atom stereocenters. The first kappa shape index (κ1) is 25.6. The fourth-order valence-corrected chi connectivity index (χ4v) is 4.09. The number of thioether (sulfide) groups is 1. The molecule has 0 saturated carbocycles. The van der Waals surface area contributed by atoms with Gasteiger partial charge in [-0.3, -0.25) is 14.6 Å². The van der Waals surface area contributed by atoms with Gasteiger partial charge in [-0.05, 0) is 53.2 Å². The third-order valence-electron chi connectivity index (χ3n) is 4.27. The van der Waals surface area contributed by atoms with Gasteiger partial charge in [-0.1, -0.05) is 23.9 Å². The number of benzene rings is 2. The highest BCUT2D eigenvalue weighted by molar-refractivity contribution is 8.03. The molecular weight excluding hydrogens is 460 g/mol. The summed E-state index contributed by atoms with van der Waals surface area (Å²) in [6, 6.07) is 13.0. The molecule has 0 bridgehead atoms. The van der Waals surface area contributed by atoms with Gasteiger partial charge in [0, 0.05) is 23.7 Å². The van der Waals surface area contributed by atoms with E-state index in [9.17, 15) is 14.4 Å². The van der Waals surface area contributed by atoms with Crippen molar-refractivity contribution in [3.8, 4) is 0 Å². The van der Waals surface area contributed by atoms with Crippen molar-refractivity contribution in [2.75, 3.05) is 25.4 Å². The number of aliphatic imine (C=N–C) groups is 1. The molecule has 2 aromatic carbocycles. The summed E-state index contributed by atoms with van der Waals surface area (Å²) in [4.78, 5) is 36.5. The minimum absolute atomic E-state index is 0.105. The summed E-state index contributed by atoms with van der Waals surface area (Å²) in [6.07, 6.45) is 0.844. The number of aldehydes is 1. The van der Waals surface area contributed by atoms with E-state index in [-0.39, 0.29) is 11.7 Å². The van der Waals surface area contributed by atoms with E-state index in [0.29, 0.717) is 16.5 Å². The molecule has 0 aliphatic rings. The van der Waals surface area contributed by atoms with Crippen LogP contribution in [0.4, 0.5) is 5.69 Å². The summed E-state index contributed by atoms with van der Waals surface area (Å²) in [6.45, 7) is 3.36. The van der Waals surface area contributed by atoms with Crippen LogP contribution in [-0.4, -0.2) is 44.9 Å². The Hall–Kier alpha value is -3.63. The number of amides is 1. The monoisotopic (exact) mass is 484 g/mol. The van der Waals surface area contributed by atoms with Crippen molar-refractivity contribution in [3.63, 3.8) is 0 Å². The second kappa shape index (κ2) is 13.0. The zero-order valence-electron chi connectivity index (χ0n) is 18.2. The molecule has 1 heterocycles. The first-order valence-electron chi connectivity index (χ1n) is 9.58. The summed E-state index contributed by atoms with van der Waals surface area (Å²) in [5.41, 5.74) is 7.56. The molecule has 33 heavy (non-hydrogen) atoms. The number of nitrogens with two attached hydrogens (primary N) is 1. The number of hydrogen-bond acceptors (Lipinski definition) is 9. The van der Waals surface area contributed by atoms with Crippen LogP contribution >= 0.6 is 23.1 Å². The molecule has 0 unspecified atom stereocenters. The molecule has 0 aliphatic carbocycles. The van der Waals surface area contributed by atoms with Crippen molar-refractivity contribution in [2.24, 2.45) is 10.7 Å². The molecular formula is C23H24N4O4S2. The van der Waals surface area contributed by atoms with Crippen LogP contribution in [0.1, 0.15) is 20.7 Å². The predicted molar refractivity (Wildman–Crippen MR) is 136 cm³/mol. The smallest absolute Gasteiger partial charge is 0.337 e. The number of carbonyl (C=O) groups is 3. The van der Waals surface area contributed by atoms with Crippen molar-refractivity contribution < 1.29 is 19.1 Å². The number of ether oxygens (including phenoxy) is 1. The van der Waals surface area contributed by atoms with Gasteiger partial charge in [0.2, 0.25) is 0 Å². The van der Waals surface area contributed by atoms with Gasteiger partial charge >= 0.3 is 5.97 Å². The Kier molecular flexibility index (Phi) is 10.1. The fraction of sp³-hybridized carbons (Fsp3) is 0.130. The molecule has 0 radical (unpaired) electrons. The lowest BCUT2D eigenvalue weighted by atomic mass is 10.1. The average Bonchev–Trinajstić information content (AvgIpc) is 3.37. The van der Waals surface area contributed by atoms with Gasteiger partial charge in [0.1, 0.15) is 5.03 Å². The van der Waals surface area contributed by atoms with Gasteiger partial charge < -0.3 is 21.1 Å². The Balaban J connectivity index is 0.000000468. The highest BCUT2D eigenvalue weighted by Crippen LogP contribution is 2.23. The van der Waals surface area contributed by atoms with E-state index >= 15 is 0 Å². The van der Waals surface area contributed by atoms with Crippen molar-refractivity contribution in [3.05, 3.63) is 75.1 Å². The fourth-order valence-electron chi connectivity index (χ4n) is 2.65. The number of nitrogens with one attached hydrogen (secondary N) is 2. The van der Waals surface area contributed by atoms with E-state index in [1.165, 1.54) is 30.2 Å². The molecule has 0 saturated heterocycles. The van der Waals surface area contributed by atoms with Crippen LogP contribution in [0.2, 0.25) is 0 Å². The van der Waals surface area contributed by atoms with Gasteiger partial charge in [0.15, 0.2) is 12.0 Å². The molecule has 4 N–H and O–H groups in total. The first-order valence-corrected chi connectivity index (χ1v) is 11.5. The lowest BCUT2D eigenvalue weighted by Crippen LogP contribution is -2.19. The Morgan fingerprint density at radius 1 is 1.21 bits per heavy atom. The first-order chi connectivity index (χ1) is 15.9. The lowest BCUT2D eigenvalue weighted by Gasteiger charge is -2.11. The van der Waals surface area contributed by atoms with Crippen LogP contribution in [0.15, 0.2) is 68.9 Å². The van der Waals surface area contributed by atoms with E-state index in [1.54, 1.807) is 25.2 Å². The Morgan fingerprint density at radius 2 is 1.94 bits per heavy atom. The molecule has 1 aromatic heterocycles. The third-order valence-corrected chi connectivity index (χ3v) is 5.94. The van der Waals surface area contributed by atoms with Crippen molar-refractivity contribution in [1.29, 1.82) is 0 Å². The summed E-state index contributed by atoms with van der Waals surface area (Å²) in [5.74, 6) is -0.504. The van der Waals surface area contributed by atoms with Crippen LogP contribution < -0.4 is 16.4 Å². The maximum atomic E-state index is 11.6. The third kappa shape index (κ3) is 7.48. The normalized spacial score (nSPS) is 10.8. The van der Waals surface area contributed by atoms with Gasteiger partial charge in [-0.15, -0.1) is 0 Å². The summed E-state index contributed by atoms with van der Waals surface area (Å²) in [7, 11) is 3.04. The quantitative estimate of drug-likeness (QED) is 0.139. The number of hydrogen-bond donors (Lipinski definition) is 3. The number of anilines is 1. The molecule has 0 spiro atoms. The van der Waals surface area contributed by atoms with Gasteiger partial charge in [0.05, 0.1) is 18.6 Å². The zero-order chi connectivity index (χ0) is 24.2. The SMILES string of the molecule is C=N/C(C(N)=O)=C(/NC)SCNc1ccc2cc(C(=O)OC)ccc2c1.O=Cc1ccsc1. The second-order valence-corrected chi connectivity index (χ2v) is 8.12. The Bertz CT molecular complexity index is 1160. The van der Waals surface area contributed by atoms with Gasteiger partial charge in [-0.2, -0.15) is 11.3 Å². The number of esters is 1. The number of methoxy groups -OCH3 is 1. The number of fused-ring (bicyclic) bond motifs is 1. The van der Waals surface area contributed by atoms with Gasteiger partial charge in [-0.25, -0.2) is 4.79 Å². The number of primary amides is 1. The van der Waals surface area contributed by atoms with Crippen LogP contribution in [0.25, 0.3) is 10.8 Å². The molecule has 1 amide bonds. The largest absolute Gasteiger partial charge is 0.465 e. The van der Waals surface area contributed by atoms with Crippen LogP contribution in [-0.2, 0) is 9.53 Å². The topological polar surface area (TPSA) is 123 Å². The highest BCUT2D eigenvalue weighted by atomic mass is 32.2. The average molecular weight is 485 g/mol. The molecule has 0 aliphatic heterocycles. The summed E-state index contributed by atoms with van der Waals surface area (Å²) >= 11 is 2.89. The maximum Gasteiger partial charge on any atom is 0.337 e. The van der Waals surface area contributed by atoms with Crippen molar-refractivity contribution in [1.82, 2.24) is 5.32 Å². The second-order valence-electron chi connectivity index (χ2n) is 6.36. The number of thiophene rings is 1. The van der Waals surface area contributed by atoms with Crippen molar-refractivity contribution in [2.45, 2.75) is 0 Å². The molecule has 0 fully saturated rings. The number of nitrogens with zero attached hydrogens (tertiary/aromatic N) is 1.